The third kappa shape index (κ3) is 5.56. The summed E-state index contributed by atoms with van der Waals surface area (Å²) >= 11 is 5.97. The summed E-state index contributed by atoms with van der Waals surface area (Å²) in [4.78, 5) is 14.8. The maximum Gasteiger partial charge on any atom is 0.224 e. The van der Waals surface area contributed by atoms with Crippen LogP contribution >= 0.6 is 11.6 Å². The quantitative estimate of drug-likeness (QED) is 0.743. The molecule has 6 heteroatoms. The molecule has 1 N–H and O–H groups in total. The average Bonchev–Trinajstić information content (AvgIpc) is 2.87. The van der Waals surface area contributed by atoms with Gasteiger partial charge < -0.3 is 5.32 Å². The van der Waals surface area contributed by atoms with Crippen LogP contribution in [0.15, 0.2) is 24.3 Å². The largest absolute Gasteiger partial charge is 0.355 e. The Labute approximate surface area is 167 Å². The van der Waals surface area contributed by atoms with Crippen LogP contribution in [0.3, 0.4) is 0 Å². The molecule has 0 saturated heterocycles. The van der Waals surface area contributed by atoms with Crippen molar-refractivity contribution in [2.75, 3.05) is 13.1 Å². The summed E-state index contributed by atoms with van der Waals surface area (Å²) in [7, 11) is 0. The zero-order valence-electron chi connectivity index (χ0n) is 17.2. The van der Waals surface area contributed by atoms with Gasteiger partial charge in [-0.1, -0.05) is 11.6 Å². The highest BCUT2D eigenvalue weighted by atomic mass is 35.5. The van der Waals surface area contributed by atoms with Gasteiger partial charge in [-0.25, -0.2) is 4.68 Å². The summed E-state index contributed by atoms with van der Waals surface area (Å²) in [6.45, 7) is 14.2. The summed E-state index contributed by atoms with van der Waals surface area (Å²) in [5.74, 6) is 0.0318. The first-order chi connectivity index (χ1) is 12.7. The smallest absolute Gasteiger partial charge is 0.224 e. The van der Waals surface area contributed by atoms with Crippen molar-refractivity contribution >= 4 is 17.5 Å². The fraction of sp³-hybridized carbons (Fsp3) is 0.524. The number of amides is 1. The molecule has 27 heavy (non-hydrogen) atoms. The van der Waals surface area contributed by atoms with E-state index in [9.17, 15) is 4.79 Å². The Morgan fingerprint density at radius 1 is 1.15 bits per heavy atom. The van der Waals surface area contributed by atoms with Gasteiger partial charge in [0.2, 0.25) is 5.91 Å². The molecule has 0 radical (unpaired) electrons. The molecular formula is C21H31ClN4O. The Balaban J connectivity index is 2.01. The summed E-state index contributed by atoms with van der Waals surface area (Å²) in [5.41, 5.74) is 3.78. The van der Waals surface area contributed by atoms with E-state index in [2.05, 4.69) is 43.0 Å². The van der Waals surface area contributed by atoms with Crippen molar-refractivity contribution in [2.24, 2.45) is 0 Å². The Kier molecular flexibility index (Phi) is 7.45. The van der Waals surface area contributed by atoms with Crippen LogP contribution in [0.4, 0.5) is 0 Å². The number of aromatic nitrogens is 2. The maximum atomic E-state index is 12.4. The van der Waals surface area contributed by atoms with E-state index in [1.165, 1.54) is 0 Å². The molecule has 0 aliphatic carbocycles. The SMILES string of the molecule is Cc1nn(-c2ccc(Cl)cc2)c(C)c1CC(=O)NCCN(C(C)C)C(C)C. The summed E-state index contributed by atoms with van der Waals surface area (Å²) in [6.07, 6.45) is 0.342. The Hall–Kier alpha value is -1.85. The monoisotopic (exact) mass is 390 g/mol. The number of carbonyl (C=O) groups excluding carboxylic acids is 1. The number of nitrogens with zero attached hydrogens (tertiary/aromatic N) is 3. The van der Waals surface area contributed by atoms with Crippen molar-refractivity contribution < 1.29 is 4.79 Å². The molecule has 0 fully saturated rings. The second-order valence-corrected chi connectivity index (χ2v) is 7.93. The number of nitrogens with one attached hydrogen (secondary N) is 1. The first kappa shape index (κ1) is 21.5. The van der Waals surface area contributed by atoms with Gasteiger partial charge in [0.15, 0.2) is 0 Å². The highest BCUT2D eigenvalue weighted by molar-refractivity contribution is 6.30. The predicted octanol–water partition coefficient (Wildman–Crippen LogP) is 3.92. The number of rotatable bonds is 8. The van der Waals surface area contributed by atoms with Crippen molar-refractivity contribution in [3.05, 3.63) is 46.2 Å². The van der Waals surface area contributed by atoms with Crippen molar-refractivity contribution in [2.45, 2.75) is 60.0 Å². The Morgan fingerprint density at radius 2 is 1.74 bits per heavy atom. The molecule has 0 atom stereocenters. The lowest BCUT2D eigenvalue weighted by Crippen LogP contribution is -2.42. The third-order valence-corrected chi connectivity index (χ3v) is 5.12. The minimum absolute atomic E-state index is 0.0318. The topological polar surface area (TPSA) is 50.2 Å². The van der Waals surface area contributed by atoms with Crippen molar-refractivity contribution in [1.29, 1.82) is 0 Å². The van der Waals surface area contributed by atoms with E-state index < -0.39 is 0 Å². The molecule has 1 amide bonds. The third-order valence-electron chi connectivity index (χ3n) is 4.87. The van der Waals surface area contributed by atoms with Gasteiger partial charge in [-0.15, -0.1) is 0 Å². The van der Waals surface area contributed by atoms with Crippen LogP contribution in [-0.4, -0.2) is 45.8 Å². The molecule has 0 aliphatic heterocycles. The highest BCUT2D eigenvalue weighted by Crippen LogP contribution is 2.20. The molecule has 5 nitrogen and oxygen atoms in total. The number of hydrogen-bond acceptors (Lipinski definition) is 3. The lowest BCUT2D eigenvalue weighted by atomic mass is 10.1. The first-order valence-electron chi connectivity index (χ1n) is 9.54. The van der Waals surface area contributed by atoms with E-state index in [0.29, 0.717) is 30.1 Å². The minimum atomic E-state index is 0.0318. The van der Waals surface area contributed by atoms with Crippen molar-refractivity contribution in [1.82, 2.24) is 20.0 Å². The van der Waals surface area contributed by atoms with Crippen LogP contribution in [0.5, 0.6) is 0 Å². The van der Waals surface area contributed by atoms with Crippen LogP contribution in [0.2, 0.25) is 5.02 Å². The Bertz CT molecular complexity index is 757. The lowest BCUT2D eigenvalue weighted by Gasteiger charge is -2.30. The van der Waals surface area contributed by atoms with Crippen LogP contribution < -0.4 is 5.32 Å². The average molecular weight is 391 g/mol. The lowest BCUT2D eigenvalue weighted by molar-refractivity contribution is -0.120. The van der Waals surface area contributed by atoms with E-state index in [0.717, 1.165) is 29.2 Å². The van der Waals surface area contributed by atoms with Gasteiger partial charge in [0.25, 0.3) is 0 Å². The summed E-state index contributed by atoms with van der Waals surface area (Å²) < 4.78 is 1.87. The van der Waals surface area contributed by atoms with E-state index >= 15 is 0 Å². The second-order valence-electron chi connectivity index (χ2n) is 7.49. The molecule has 2 aromatic rings. The molecule has 1 aromatic carbocycles. The summed E-state index contributed by atoms with van der Waals surface area (Å²) in [5, 5.41) is 8.34. The van der Waals surface area contributed by atoms with Crippen LogP contribution in [0, 0.1) is 13.8 Å². The number of hydrogen-bond donors (Lipinski definition) is 1. The zero-order chi connectivity index (χ0) is 20.1. The molecular weight excluding hydrogens is 360 g/mol. The molecule has 0 bridgehead atoms. The molecule has 0 saturated carbocycles. The number of aryl methyl sites for hydroxylation is 1. The number of benzene rings is 1. The van der Waals surface area contributed by atoms with Crippen molar-refractivity contribution in [3.8, 4) is 5.69 Å². The van der Waals surface area contributed by atoms with Crippen LogP contribution in [-0.2, 0) is 11.2 Å². The van der Waals surface area contributed by atoms with Gasteiger partial charge in [0.05, 0.1) is 17.8 Å². The van der Waals surface area contributed by atoms with Crippen molar-refractivity contribution in [3.63, 3.8) is 0 Å². The fourth-order valence-electron chi connectivity index (χ4n) is 3.42. The van der Waals surface area contributed by atoms with Gasteiger partial charge in [-0.3, -0.25) is 9.69 Å². The van der Waals surface area contributed by atoms with Gasteiger partial charge in [-0.05, 0) is 65.8 Å². The normalized spacial score (nSPS) is 11.6. The standard InChI is InChI=1S/C21H31ClN4O/c1-14(2)25(15(3)4)12-11-23-21(27)13-20-16(5)24-26(17(20)6)19-9-7-18(22)8-10-19/h7-10,14-15H,11-13H2,1-6H3,(H,23,27). The maximum absolute atomic E-state index is 12.4. The van der Waals surface area contributed by atoms with Gasteiger partial charge in [-0.2, -0.15) is 5.10 Å². The molecule has 0 unspecified atom stereocenters. The molecule has 148 valence electrons. The predicted molar refractivity (Wildman–Crippen MR) is 112 cm³/mol. The minimum Gasteiger partial charge on any atom is -0.355 e. The fourth-order valence-corrected chi connectivity index (χ4v) is 3.55. The molecule has 1 heterocycles. The Morgan fingerprint density at radius 3 is 2.30 bits per heavy atom. The van der Waals surface area contributed by atoms with E-state index in [1.54, 1.807) is 0 Å². The molecule has 0 spiro atoms. The molecule has 1 aromatic heterocycles. The second kappa shape index (κ2) is 9.38. The molecule has 0 aliphatic rings. The molecule has 2 rings (SSSR count). The van der Waals surface area contributed by atoms with Gasteiger partial charge in [0.1, 0.15) is 0 Å². The van der Waals surface area contributed by atoms with E-state index in [4.69, 9.17) is 11.6 Å². The van der Waals surface area contributed by atoms with E-state index in [-0.39, 0.29) is 5.91 Å². The van der Waals surface area contributed by atoms with Crippen LogP contribution in [0.25, 0.3) is 5.69 Å². The summed E-state index contributed by atoms with van der Waals surface area (Å²) in [6, 6.07) is 8.47. The van der Waals surface area contributed by atoms with Crippen LogP contribution in [0.1, 0.15) is 44.6 Å². The first-order valence-corrected chi connectivity index (χ1v) is 9.92. The van der Waals surface area contributed by atoms with E-state index in [1.807, 2.05) is 42.8 Å². The number of halogens is 1. The van der Waals surface area contributed by atoms with Gasteiger partial charge in [0, 0.05) is 41.5 Å². The van der Waals surface area contributed by atoms with Gasteiger partial charge >= 0.3 is 0 Å². The highest BCUT2D eigenvalue weighted by Gasteiger charge is 2.17. The zero-order valence-corrected chi connectivity index (χ0v) is 18.0. The number of carbonyl (C=O) groups is 1.